The fraction of sp³-hybridized carbons (Fsp3) is 0.625. The molecular formula is C16H22N2O2. The molecule has 1 aromatic carbocycles. The van der Waals surface area contributed by atoms with Gasteiger partial charge in [0.05, 0.1) is 6.61 Å². The summed E-state index contributed by atoms with van der Waals surface area (Å²) in [7, 11) is 0. The van der Waals surface area contributed by atoms with Crippen LogP contribution in [0, 0.1) is 11.8 Å². The largest absolute Gasteiger partial charge is 0.467 e. The Bertz CT molecular complexity index is 505. The van der Waals surface area contributed by atoms with Gasteiger partial charge in [0, 0.05) is 36.4 Å². The van der Waals surface area contributed by atoms with Gasteiger partial charge >= 0.3 is 0 Å². The quantitative estimate of drug-likeness (QED) is 0.841. The Morgan fingerprint density at radius 1 is 1.20 bits per heavy atom. The molecule has 2 N–H and O–H groups in total. The minimum absolute atomic E-state index is 0.356. The zero-order valence-electron chi connectivity index (χ0n) is 11.8. The zero-order chi connectivity index (χ0) is 13.5. The molecule has 1 saturated carbocycles. The molecule has 1 aliphatic carbocycles. The molecule has 2 atom stereocenters. The third-order valence-corrected chi connectivity index (χ3v) is 5.01. The number of anilines is 1. The van der Waals surface area contributed by atoms with Crippen LogP contribution in [0.2, 0.25) is 0 Å². The van der Waals surface area contributed by atoms with E-state index in [1.807, 2.05) is 6.07 Å². The number of nitrogen functional groups attached to an aromatic ring is 1. The highest BCUT2D eigenvalue weighted by Gasteiger charge is 2.36. The van der Waals surface area contributed by atoms with E-state index < -0.39 is 0 Å². The first-order chi connectivity index (χ1) is 9.79. The van der Waals surface area contributed by atoms with Crippen molar-refractivity contribution in [1.82, 2.24) is 4.90 Å². The zero-order valence-corrected chi connectivity index (χ0v) is 11.8. The Morgan fingerprint density at radius 3 is 2.80 bits per heavy atom. The van der Waals surface area contributed by atoms with Crippen molar-refractivity contribution < 1.29 is 9.47 Å². The summed E-state index contributed by atoms with van der Waals surface area (Å²) in [5.74, 6) is 2.86. The van der Waals surface area contributed by atoms with Crippen molar-refractivity contribution >= 4 is 5.69 Å². The van der Waals surface area contributed by atoms with E-state index in [2.05, 4.69) is 11.0 Å². The predicted octanol–water partition coefficient (Wildman–Crippen LogP) is 2.37. The summed E-state index contributed by atoms with van der Waals surface area (Å²) in [5.41, 5.74) is 9.15. The Kier molecular flexibility index (Phi) is 3.08. The van der Waals surface area contributed by atoms with Crippen LogP contribution in [0.25, 0.3) is 0 Å². The van der Waals surface area contributed by atoms with Gasteiger partial charge in [-0.15, -0.1) is 0 Å². The van der Waals surface area contributed by atoms with Gasteiger partial charge in [0.1, 0.15) is 5.75 Å². The molecule has 0 bridgehead atoms. The monoisotopic (exact) mass is 274 g/mol. The Morgan fingerprint density at radius 2 is 2.00 bits per heavy atom. The molecule has 4 nitrogen and oxygen atoms in total. The average Bonchev–Trinajstić information content (AvgIpc) is 2.99. The van der Waals surface area contributed by atoms with Gasteiger partial charge < -0.3 is 15.2 Å². The second-order valence-electron chi connectivity index (χ2n) is 6.42. The molecule has 20 heavy (non-hydrogen) atoms. The second kappa shape index (κ2) is 4.93. The Balaban J connectivity index is 1.55. The molecule has 0 radical (unpaired) electrons. The minimum Gasteiger partial charge on any atom is -0.467 e. The van der Waals surface area contributed by atoms with Crippen molar-refractivity contribution in [3.05, 3.63) is 23.3 Å². The number of ether oxygens (including phenoxy) is 2. The minimum atomic E-state index is 0.356. The number of fused-ring (bicyclic) bond motifs is 2. The van der Waals surface area contributed by atoms with Crippen molar-refractivity contribution in [3.8, 4) is 5.75 Å². The average molecular weight is 274 g/mol. The van der Waals surface area contributed by atoms with Crippen molar-refractivity contribution in [2.75, 3.05) is 25.6 Å². The second-order valence-corrected chi connectivity index (χ2v) is 6.42. The first kappa shape index (κ1) is 12.5. The predicted molar refractivity (Wildman–Crippen MR) is 77.2 cm³/mol. The molecule has 2 fully saturated rings. The maximum absolute atomic E-state index is 6.02. The molecule has 2 heterocycles. The lowest BCUT2D eigenvalue weighted by molar-refractivity contribution is -0.0173. The summed E-state index contributed by atoms with van der Waals surface area (Å²) in [6, 6.07) is 4.04. The molecule has 108 valence electrons. The van der Waals surface area contributed by atoms with Gasteiger partial charge in [0.15, 0.2) is 6.79 Å². The van der Waals surface area contributed by atoms with Gasteiger partial charge in [-0.3, -0.25) is 4.90 Å². The molecule has 0 spiro atoms. The number of benzene rings is 1. The van der Waals surface area contributed by atoms with E-state index in [4.69, 9.17) is 15.2 Å². The third-order valence-electron chi connectivity index (χ3n) is 5.01. The smallest absolute Gasteiger partial charge is 0.189 e. The maximum Gasteiger partial charge on any atom is 0.189 e. The van der Waals surface area contributed by atoms with Crippen molar-refractivity contribution in [1.29, 1.82) is 0 Å². The topological polar surface area (TPSA) is 47.7 Å². The van der Waals surface area contributed by atoms with E-state index in [1.165, 1.54) is 37.9 Å². The van der Waals surface area contributed by atoms with E-state index in [0.29, 0.717) is 13.4 Å². The van der Waals surface area contributed by atoms with Gasteiger partial charge in [0.25, 0.3) is 0 Å². The highest BCUT2D eigenvalue weighted by Crippen LogP contribution is 2.39. The summed E-state index contributed by atoms with van der Waals surface area (Å²) in [6.07, 6.45) is 4.26. The van der Waals surface area contributed by atoms with Crippen LogP contribution < -0.4 is 10.5 Å². The van der Waals surface area contributed by atoms with E-state index >= 15 is 0 Å². The highest BCUT2D eigenvalue weighted by molar-refractivity contribution is 5.53. The van der Waals surface area contributed by atoms with Crippen LogP contribution in [0.3, 0.4) is 0 Å². The van der Waals surface area contributed by atoms with Crippen molar-refractivity contribution in [2.24, 2.45) is 11.8 Å². The van der Waals surface area contributed by atoms with Gasteiger partial charge in [-0.1, -0.05) is 6.42 Å². The maximum atomic E-state index is 6.02. The van der Waals surface area contributed by atoms with E-state index in [1.54, 1.807) is 0 Å². The van der Waals surface area contributed by atoms with Crippen molar-refractivity contribution in [2.45, 2.75) is 32.4 Å². The number of nitrogens with two attached hydrogens (primary N) is 1. The van der Waals surface area contributed by atoms with Crippen LogP contribution in [0.15, 0.2) is 12.1 Å². The molecule has 2 unspecified atom stereocenters. The molecule has 3 aliphatic rings. The lowest BCUT2D eigenvalue weighted by Crippen LogP contribution is -2.23. The summed E-state index contributed by atoms with van der Waals surface area (Å²) < 4.78 is 11.1. The van der Waals surface area contributed by atoms with Crippen LogP contribution in [-0.4, -0.2) is 24.8 Å². The molecule has 1 aromatic rings. The number of hydrogen-bond acceptors (Lipinski definition) is 4. The molecule has 1 saturated heterocycles. The number of likely N-dealkylation sites (tertiary alicyclic amines) is 1. The van der Waals surface area contributed by atoms with Gasteiger partial charge in [0.2, 0.25) is 0 Å². The normalized spacial score (nSPS) is 29.0. The van der Waals surface area contributed by atoms with E-state index in [9.17, 15) is 0 Å². The molecule has 4 heteroatoms. The SMILES string of the molecule is Nc1cc2c(c(CN3CC4CCCC4C3)c1)OCOC2. The highest BCUT2D eigenvalue weighted by atomic mass is 16.7. The summed E-state index contributed by atoms with van der Waals surface area (Å²) in [4.78, 5) is 2.57. The van der Waals surface area contributed by atoms with Crippen LogP contribution in [0.5, 0.6) is 5.75 Å². The molecule has 0 amide bonds. The summed E-state index contributed by atoms with van der Waals surface area (Å²) >= 11 is 0. The third kappa shape index (κ3) is 2.17. The van der Waals surface area contributed by atoms with Crippen LogP contribution >= 0.6 is 0 Å². The fourth-order valence-electron chi connectivity index (χ4n) is 4.15. The Hall–Kier alpha value is -1.26. The lowest BCUT2D eigenvalue weighted by atomic mass is 10.0. The van der Waals surface area contributed by atoms with E-state index in [0.717, 1.165) is 35.4 Å². The van der Waals surface area contributed by atoms with Crippen LogP contribution in [-0.2, 0) is 17.9 Å². The Labute approximate surface area is 119 Å². The first-order valence-corrected chi connectivity index (χ1v) is 7.64. The molecular weight excluding hydrogens is 252 g/mol. The first-order valence-electron chi connectivity index (χ1n) is 7.64. The van der Waals surface area contributed by atoms with Gasteiger partial charge in [-0.05, 0) is 36.8 Å². The number of hydrogen-bond donors (Lipinski definition) is 1. The van der Waals surface area contributed by atoms with Crippen LogP contribution in [0.1, 0.15) is 30.4 Å². The summed E-state index contributed by atoms with van der Waals surface area (Å²) in [5, 5.41) is 0. The van der Waals surface area contributed by atoms with Gasteiger partial charge in [-0.2, -0.15) is 0 Å². The number of nitrogens with zero attached hydrogens (tertiary/aromatic N) is 1. The number of rotatable bonds is 2. The fourth-order valence-corrected chi connectivity index (χ4v) is 4.15. The summed E-state index contributed by atoms with van der Waals surface area (Å²) in [6.45, 7) is 4.41. The van der Waals surface area contributed by atoms with Crippen LogP contribution in [0.4, 0.5) is 5.69 Å². The van der Waals surface area contributed by atoms with Gasteiger partial charge in [-0.25, -0.2) is 0 Å². The lowest BCUT2D eigenvalue weighted by Gasteiger charge is -2.24. The van der Waals surface area contributed by atoms with E-state index in [-0.39, 0.29) is 0 Å². The molecule has 2 aliphatic heterocycles. The molecule has 4 rings (SSSR count). The standard InChI is InChI=1S/C16H22N2O2/c17-15-4-13(16-14(5-15)9-19-10-20-16)8-18-6-11-2-1-3-12(11)7-18/h4-5,11-12H,1-3,6-10,17H2. The molecule has 0 aromatic heterocycles. The van der Waals surface area contributed by atoms with Crippen molar-refractivity contribution in [3.63, 3.8) is 0 Å².